The summed E-state index contributed by atoms with van der Waals surface area (Å²) in [4.78, 5) is 0. The molecule has 0 heterocycles. The Kier molecular flexibility index (Phi) is 4.02. The lowest BCUT2D eigenvalue weighted by Gasteiger charge is -2.17. The average Bonchev–Trinajstić information content (AvgIpc) is 2.65. The van der Waals surface area contributed by atoms with E-state index in [0.29, 0.717) is 6.04 Å². The highest BCUT2D eigenvalue weighted by Gasteiger charge is 2.09. The fourth-order valence-electron chi connectivity index (χ4n) is 3.41. The third kappa shape index (κ3) is 2.79. The van der Waals surface area contributed by atoms with Gasteiger partial charge in [-0.25, -0.2) is 0 Å². The van der Waals surface area contributed by atoms with Crippen LogP contribution in [0.2, 0.25) is 0 Å². The van der Waals surface area contributed by atoms with E-state index in [2.05, 4.69) is 97.2 Å². The number of hydrogen-bond donors (Lipinski definition) is 1. The molecule has 1 heteroatoms. The Morgan fingerprint density at radius 3 is 1.88 bits per heavy atom. The largest absolute Gasteiger partial charge is 0.306 e. The van der Waals surface area contributed by atoms with Gasteiger partial charge >= 0.3 is 0 Å². The molecule has 1 atom stereocenters. The van der Waals surface area contributed by atoms with E-state index in [0.717, 1.165) is 6.54 Å². The molecule has 1 N–H and O–H groups in total. The molecule has 0 radical (unpaired) electrons. The van der Waals surface area contributed by atoms with E-state index in [1.165, 1.54) is 32.7 Å². The third-order valence-electron chi connectivity index (χ3n) is 4.77. The Balaban J connectivity index is 1.74. The minimum atomic E-state index is 0.323. The third-order valence-corrected chi connectivity index (χ3v) is 4.77. The maximum Gasteiger partial charge on any atom is 0.0294 e. The lowest BCUT2D eigenvalue weighted by molar-refractivity contribution is 0.578. The van der Waals surface area contributed by atoms with E-state index in [1.807, 2.05) is 0 Å². The zero-order chi connectivity index (χ0) is 16.4. The summed E-state index contributed by atoms with van der Waals surface area (Å²) in [6.07, 6.45) is 0. The topological polar surface area (TPSA) is 12.0 Å². The van der Waals surface area contributed by atoms with Crippen molar-refractivity contribution in [2.24, 2.45) is 0 Å². The molecule has 4 aromatic carbocycles. The highest BCUT2D eigenvalue weighted by atomic mass is 14.9. The van der Waals surface area contributed by atoms with Crippen LogP contribution in [0.4, 0.5) is 0 Å². The van der Waals surface area contributed by atoms with Gasteiger partial charge in [-0.1, -0.05) is 78.9 Å². The molecule has 0 aliphatic heterocycles. The van der Waals surface area contributed by atoms with Crippen LogP contribution in [0, 0.1) is 0 Å². The van der Waals surface area contributed by atoms with Gasteiger partial charge in [0, 0.05) is 12.6 Å². The fraction of sp³-hybridized carbons (Fsp3) is 0.130. The highest BCUT2D eigenvalue weighted by molar-refractivity contribution is 6.02. The van der Waals surface area contributed by atoms with Gasteiger partial charge in [0.15, 0.2) is 0 Å². The highest BCUT2D eigenvalue weighted by Crippen LogP contribution is 2.29. The summed E-state index contributed by atoms with van der Waals surface area (Å²) >= 11 is 0. The fourth-order valence-corrected chi connectivity index (χ4v) is 3.41. The summed E-state index contributed by atoms with van der Waals surface area (Å²) in [5.41, 5.74) is 2.70. The van der Waals surface area contributed by atoms with Gasteiger partial charge in [0.05, 0.1) is 0 Å². The van der Waals surface area contributed by atoms with Crippen molar-refractivity contribution in [3.8, 4) is 0 Å². The molecule has 1 nitrogen and oxygen atoms in total. The molecule has 0 bridgehead atoms. The molecule has 0 spiro atoms. The van der Waals surface area contributed by atoms with Crippen LogP contribution in [-0.2, 0) is 6.54 Å². The van der Waals surface area contributed by atoms with Crippen LogP contribution in [0.3, 0.4) is 0 Å². The first-order valence-corrected chi connectivity index (χ1v) is 8.50. The van der Waals surface area contributed by atoms with Crippen molar-refractivity contribution in [2.75, 3.05) is 0 Å². The molecule has 1 unspecified atom stereocenters. The van der Waals surface area contributed by atoms with Crippen molar-refractivity contribution in [3.63, 3.8) is 0 Å². The van der Waals surface area contributed by atoms with Gasteiger partial charge in [-0.05, 0) is 45.7 Å². The van der Waals surface area contributed by atoms with Gasteiger partial charge in [-0.2, -0.15) is 0 Å². The van der Waals surface area contributed by atoms with Crippen molar-refractivity contribution >= 4 is 21.5 Å². The second kappa shape index (κ2) is 6.46. The normalized spacial score (nSPS) is 12.5. The Bertz CT molecular complexity index is 919. The van der Waals surface area contributed by atoms with E-state index < -0.39 is 0 Å². The molecule has 4 aromatic rings. The molecule has 24 heavy (non-hydrogen) atoms. The Labute approximate surface area is 142 Å². The molecule has 0 amide bonds. The molecule has 0 saturated heterocycles. The molecular formula is C23H21N. The zero-order valence-electron chi connectivity index (χ0n) is 13.9. The van der Waals surface area contributed by atoms with Gasteiger partial charge in [0.2, 0.25) is 0 Å². The molecule has 118 valence electrons. The second-order valence-corrected chi connectivity index (χ2v) is 6.31. The van der Waals surface area contributed by atoms with Gasteiger partial charge in [-0.3, -0.25) is 0 Å². The molecule has 0 aliphatic rings. The summed E-state index contributed by atoms with van der Waals surface area (Å²) in [5, 5.41) is 8.99. The monoisotopic (exact) mass is 311 g/mol. The maximum absolute atomic E-state index is 3.70. The minimum Gasteiger partial charge on any atom is -0.306 e. The van der Waals surface area contributed by atoms with Crippen LogP contribution >= 0.6 is 0 Å². The van der Waals surface area contributed by atoms with Crippen LogP contribution in [-0.4, -0.2) is 0 Å². The first-order chi connectivity index (χ1) is 11.8. The van der Waals surface area contributed by atoms with Crippen molar-refractivity contribution in [3.05, 3.63) is 96.1 Å². The predicted molar refractivity (Wildman–Crippen MR) is 103 cm³/mol. The maximum atomic E-state index is 3.70. The molecule has 0 saturated carbocycles. The van der Waals surface area contributed by atoms with Crippen LogP contribution in [0.5, 0.6) is 0 Å². The number of fused-ring (bicyclic) bond motifs is 2. The molecular weight excluding hydrogens is 290 g/mol. The zero-order valence-corrected chi connectivity index (χ0v) is 13.9. The average molecular weight is 311 g/mol. The second-order valence-electron chi connectivity index (χ2n) is 6.31. The first-order valence-electron chi connectivity index (χ1n) is 8.50. The van der Waals surface area contributed by atoms with Gasteiger partial charge < -0.3 is 5.32 Å². The minimum absolute atomic E-state index is 0.323. The van der Waals surface area contributed by atoms with Crippen LogP contribution in [0.25, 0.3) is 21.5 Å². The smallest absolute Gasteiger partial charge is 0.0294 e. The van der Waals surface area contributed by atoms with E-state index in [9.17, 15) is 0 Å². The summed E-state index contributed by atoms with van der Waals surface area (Å²) < 4.78 is 0. The Hall–Kier alpha value is -2.64. The summed E-state index contributed by atoms with van der Waals surface area (Å²) in [6.45, 7) is 3.08. The Morgan fingerprint density at radius 2 is 1.25 bits per heavy atom. The molecule has 4 rings (SSSR count). The van der Waals surface area contributed by atoms with Crippen molar-refractivity contribution < 1.29 is 0 Å². The summed E-state index contributed by atoms with van der Waals surface area (Å²) in [7, 11) is 0. The molecule has 0 aliphatic carbocycles. The lowest BCUT2D eigenvalue weighted by atomic mass is 9.96. The van der Waals surface area contributed by atoms with E-state index >= 15 is 0 Å². The van der Waals surface area contributed by atoms with E-state index in [-0.39, 0.29) is 0 Å². The van der Waals surface area contributed by atoms with Crippen molar-refractivity contribution in [2.45, 2.75) is 19.5 Å². The van der Waals surface area contributed by atoms with Crippen LogP contribution < -0.4 is 5.32 Å². The molecule has 0 aromatic heterocycles. The van der Waals surface area contributed by atoms with Gasteiger partial charge in [0.25, 0.3) is 0 Å². The van der Waals surface area contributed by atoms with Crippen LogP contribution in [0.1, 0.15) is 24.1 Å². The first kappa shape index (κ1) is 14.9. The summed E-state index contributed by atoms with van der Waals surface area (Å²) in [5.74, 6) is 0. The molecule has 0 fully saturated rings. The predicted octanol–water partition coefficient (Wildman–Crippen LogP) is 5.84. The van der Waals surface area contributed by atoms with Gasteiger partial charge in [-0.15, -0.1) is 0 Å². The standard InChI is InChI=1S/C23H21N/c1-17(18-9-3-2-4-10-18)24-16-23-21-13-7-5-11-19(21)15-20-12-6-8-14-22(20)23/h2-15,17,24H,16H2,1H3. The van der Waals surface area contributed by atoms with E-state index in [1.54, 1.807) is 0 Å². The van der Waals surface area contributed by atoms with Gasteiger partial charge in [0.1, 0.15) is 0 Å². The SMILES string of the molecule is CC(NCc1c2ccccc2cc2ccccc12)c1ccccc1. The lowest BCUT2D eigenvalue weighted by Crippen LogP contribution is -2.18. The van der Waals surface area contributed by atoms with Crippen LogP contribution in [0.15, 0.2) is 84.9 Å². The summed E-state index contributed by atoms with van der Waals surface area (Å²) in [6, 6.07) is 30.6. The number of nitrogens with one attached hydrogen (secondary N) is 1. The number of benzene rings is 4. The van der Waals surface area contributed by atoms with Crippen molar-refractivity contribution in [1.82, 2.24) is 5.32 Å². The Morgan fingerprint density at radius 1 is 0.708 bits per heavy atom. The van der Waals surface area contributed by atoms with Crippen molar-refractivity contribution in [1.29, 1.82) is 0 Å². The number of hydrogen-bond acceptors (Lipinski definition) is 1. The quantitative estimate of drug-likeness (QED) is 0.467. The van der Waals surface area contributed by atoms with E-state index in [4.69, 9.17) is 0 Å². The number of rotatable bonds is 4.